The number of aromatic nitrogens is 1. The number of carboxylic acid groups (broad SMARTS) is 2. The summed E-state index contributed by atoms with van der Waals surface area (Å²) in [6, 6.07) is 5.98. The van der Waals surface area contributed by atoms with Crippen LogP contribution in [0.1, 0.15) is 25.3 Å². The molecule has 0 spiro atoms. The number of allylic oxidation sites excluding steroid dienone is 3. The summed E-state index contributed by atoms with van der Waals surface area (Å²) in [6.07, 6.45) is 5.76. The number of fused-ring (bicyclic) bond motifs is 1. The molecule has 1 fully saturated rings. The van der Waals surface area contributed by atoms with E-state index in [1.54, 1.807) is 12.2 Å². The SMILES string of the molecule is CCC(=CC=C1[Se]c2ccc(C)cc2N1CCCS(=O)(=O)[O-])C=c1s/c(=C2/SC(=O)N(CC(=O)[O-])C2=O)n(CC(=O)[O-])c1=O.[Li+].[Li+].[Li+]. The van der Waals surface area contributed by atoms with E-state index in [9.17, 15) is 47.2 Å². The first kappa shape index (κ1) is 43.3. The van der Waals surface area contributed by atoms with Crippen LogP contribution in [0.2, 0.25) is 0 Å². The number of carboxylic acids is 2. The molecule has 0 N–H and O–H groups in total. The Balaban J connectivity index is 0.00000368. The summed E-state index contributed by atoms with van der Waals surface area (Å²) >= 11 is 1.05. The molecular formula is C27H24Li3N3O10S3Se. The second kappa shape index (κ2) is 18.4. The van der Waals surface area contributed by atoms with Gasteiger partial charge in [0.1, 0.15) is 0 Å². The average Bonchev–Trinajstić information content (AvgIpc) is 3.52. The van der Waals surface area contributed by atoms with Gasteiger partial charge in [-0.1, -0.05) is 0 Å². The van der Waals surface area contributed by atoms with Crippen molar-refractivity contribution in [2.75, 3.05) is 23.7 Å². The zero-order valence-electron chi connectivity index (χ0n) is 26.3. The molecule has 0 saturated carbocycles. The minimum atomic E-state index is -4.37. The van der Waals surface area contributed by atoms with E-state index in [-0.39, 0.29) is 92.1 Å². The maximum Gasteiger partial charge on any atom is 1.00 e. The molecular weight excluding hydrogens is 722 g/mol. The predicted molar refractivity (Wildman–Crippen MR) is 160 cm³/mol. The number of carbonyl (C=O) groups excluding carboxylic acids is 4. The zero-order chi connectivity index (χ0) is 32.3. The van der Waals surface area contributed by atoms with Crippen LogP contribution in [0.15, 0.2) is 45.3 Å². The van der Waals surface area contributed by atoms with E-state index in [0.29, 0.717) is 35.2 Å². The molecule has 2 amide bonds. The minimum Gasteiger partial charge on any atom is 1.00 e. The molecule has 0 bridgehead atoms. The van der Waals surface area contributed by atoms with Crippen LogP contribution in [-0.2, 0) is 31.0 Å². The topological polar surface area (TPSA) is 200 Å². The van der Waals surface area contributed by atoms with Crippen LogP contribution in [0.4, 0.5) is 10.5 Å². The van der Waals surface area contributed by atoms with Gasteiger partial charge in [-0.05, 0) is 0 Å². The molecule has 47 heavy (non-hydrogen) atoms. The van der Waals surface area contributed by atoms with Crippen LogP contribution in [-0.4, -0.2) is 79.3 Å². The molecule has 0 atom stereocenters. The van der Waals surface area contributed by atoms with Crippen molar-refractivity contribution in [2.45, 2.75) is 33.2 Å². The van der Waals surface area contributed by atoms with Gasteiger partial charge in [-0.3, -0.25) is 0 Å². The molecule has 1 aromatic carbocycles. The quantitative estimate of drug-likeness (QED) is 0.156. The summed E-state index contributed by atoms with van der Waals surface area (Å²) in [7, 11) is -4.37. The molecule has 4 rings (SSSR count). The standard InChI is InChI=1S/C27H27N3O10S3Se.3Li/c1-3-16(6-8-20-28(9-4-10-43(38,39)40)17-11-15(2)5-7-19(17)44-20)12-18-24(35)29(13-21(31)32)26(41-18)23-25(36)30(14-22(33)34)27(37)42-23;;;/h5-8,11-12H,3-4,9-10,13-14H2,1-2H3,(H,31,32)(H,33,34)(H,38,39,40);;;/q;3*+1/p-3/b16-6?,18-12?,20-8?,26-23+;;;. The number of benzene rings is 1. The number of amides is 2. The number of carbonyl (C=O) groups is 4. The number of thiazole rings is 1. The Kier molecular flexibility index (Phi) is 16.9. The Morgan fingerprint density at radius 1 is 1.02 bits per heavy atom. The smallest absolute Gasteiger partial charge is 1.00 e. The normalized spacial score (nSPS) is 17.0. The van der Waals surface area contributed by atoms with Crippen LogP contribution in [0.5, 0.6) is 0 Å². The molecule has 2 aliphatic rings. The summed E-state index contributed by atoms with van der Waals surface area (Å²) < 4.78 is 36.3. The number of aryl methyl sites for hydroxylation is 1. The Morgan fingerprint density at radius 3 is 2.28 bits per heavy atom. The molecule has 20 heteroatoms. The predicted octanol–water partition coefficient (Wildman–Crippen LogP) is -11.7. The van der Waals surface area contributed by atoms with E-state index in [0.717, 1.165) is 36.2 Å². The third-order valence-corrected chi connectivity index (χ3v) is 11.7. The van der Waals surface area contributed by atoms with Crippen molar-refractivity contribution in [3.05, 3.63) is 65.6 Å². The fourth-order valence-corrected chi connectivity index (χ4v) is 9.19. The van der Waals surface area contributed by atoms with Crippen molar-refractivity contribution in [3.8, 4) is 0 Å². The first-order chi connectivity index (χ1) is 20.7. The van der Waals surface area contributed by atoms with Crippen molar-refractivity contribution in [3.63, 3.8) is 0 Å². The Labute approximate surface area is 320 Å². The first-order valence-corrected chi connectivity index (χ1v) is 17.9. The number of aliphatic carboxylic acids is 2. The summed E-state index contributed by atoms with van der Waals surface area (Å²) in [4.78, 5) is 62.9. The van der Waals surface area contributed by atoms with Gasteiger partial charge in [0, 0.05) is 0 Å². The van der Waals surface area contributed by atoms with E-state index in [2.05, 4.69) is 0 Å². The second-order valence-corrected chi connectivity index (χ2v) is 15.3. The third-order valence-electron chi connectivity index (χ3n) is 6.35. The number of hydrogen-bond acceptors (Lipinski definition) is 13. The first-order valence-electron chi connectivity index (χ1n) is 13.0. The Morgan fingerprint density at radius 2 is 1.68 bits per heavy atom. The van der Waals surface area contributed by atoms with Gasteiger partial charge in [-0.2, -0.15) is 0 Å². The largest absolute Gasteiger partial charge is 1.00 e. The van der Waals surface area contributed by atoms with Gasteiger partial charge in [-0.25, -0.2) is 0 Å². The minimum absolute atomic E-state index is 0. The second-order valence-electron chi connectivity index (χ2n) is 9.58. The zero-order valence-corrected chi connectivity index (χ0v) is 30.4. The average molecular weight is 746 g/mol. The Hall–Kier alpha value is -1.68. The van der Waals surface area contributed by atoms with Crippen molar-refractivity contribution in [1.29, 1.82) is 0 Å². The van der Waals surface area contributed by atoms with Crippen LogP contribution in [0.3, 0.4) is 0 Å². The molecule has 13 nitrogen and oxygen atoms in total. The van der Waals surface area contributed by atoms with E-state index < -0.39 is 57.6 Å². The number of anilines is 1. The van der Waals surface area contributed by atoms with Gasteiger partial charge in [0.05, 0.1) is 5.97 Å². The molecule has 0 unspecified atom stereocenters. The summed E-state index contributed by atoms with van der Waals surface area (Å²) in [5.74, 6) is -4.75. The van der Waals surface area contributed by atoms with Gasteiger partial charge in [0.25, 0.3) is 0 Å². The summed E-state index contributed by atoms with van der Waals surface area (Å²) in [5.41, 5.74) is 1.88. The van der Waals surface area contributed by atoms with Crippen molar-refractivity contribution in [1.82, 2.24) is 9.47 Å². The van der Waals surface area contributed by atoms with E-state index in [4.69, 9.17) is 0 Å². The molecule has 0 aliphatic carbocycles. The van der Waals surface area contributed by atoms with Gasteiger partial charge < -0.3 is 9.90 Å². The van der Waals surface area contributed by atoms with Crippen LogP contribution < -0.4 is 90.9 Å². The van der Waals surface area contributed by atoms with Crippen LogP contribution >= 0.6 is 23.1 Å². The number of imide groups is 1. The van der Waals surface area contributed by atoms with Crippen LogP contribution in [0.25, 0.3) is 11.0 Å². The van der Waals surface area contributed by atoms with Crippen molar-refractivity contribution < 1.29 is 98.9 Å². The maximum atomic E-state index is 13.3. The summed E-state index contributed by atoms with van der Waals surface area (Å²) in [6.45, 7) is 2.20. The number of thioether (sulfide) groups is 1. The van der Waals surface area contributed by atoms with Crippen molar-refractivity contribution in [2.24, 2.45) is 0 Å². The van der Waals surface area contributed by atoms with Gasteiger partial charge >= 0.3 is 308 Å². The molecule has 1 saturated heterocycles. The molecule has 3 heterocycles. The Bertz CT molecular complexity index is 1930. The molecule has 2 aliphatic heterocycles. The van der Waals surface area contributed by atoms with Gasteiger partial charge in [-0.15, -0.1) is 0 Å². The van der Waals surface area contributed by atoms with E-state index >= 15 is 0 Å². The fraction of sp³-hybridized carbons (Fsp3) is 0.296. The van der Waals surface area contributed by atoms with E-state index in [1.807, 2.05) is 43.0 Å². The molecule has 1 aromatic heterocycles. The van der Waals surface area contributed by atoms with Gasteiger partial charge in [0.15, 0.2) is 0 Å². The molecule has 234 valence electrons. The van der Waals surface area contributed by atoms with Crippen molar-refractivity contribution >= 4 is 92.4 Å². The third kappa shape index (κ3) is 10.9. The number of rotatable bonds is 11. The maximum absolute atomic E-state index is 13.3. The summed E-state index contributed by atoms with van der Waals surface area (Å²) in [5, 5.41) is 21.5. The van der Waals surface area contributed by atoms with Gasteiger partial charge in [0.2, 0.25) is 0 Å². The number of hydrogen-bond donors (Lipinski definition) is 0. The fourth-order valence-electron chi connectivity index (χ4n) is 4.33. The van der Waals surface area contributed by atoms with Crippen LogP contribution in [0, 0.1) is 6.92 Å². The molecule has 0 radical (unpaired) electrons. The molecule has 2 aromatic rings. The number of nitrogens with zero attached hydrogens (tertiary/aromatic N) is 3. The monoisotopic (exact) mass is 747 g/mol. The van der Waals surface area contributed by atoms with E-state index in [1.165, 1.54) is 0 Å².